The van der Waals surface area contributed by atoms with Crippen molar-refractivity contribution >= 4 is 86.0 Å². The van der Waals surface area contributed by atoms with Crippen molar-refractivity contribution in [2.75, 3.05) is 5.32 Å². The van der Waals surface area contributed by atoms with Gasteiger partial charge in [0, 0.05) is 17.9 Å². The second kappa shape index (κ2) is 10.7. The van der Waals surface area contributed by atoms with Crippen molar-refractivity contribution in [2.45, 2.75) is 6.61 Å². The van der Waals surface area contributed by atoms with Crippen LogP contribution in [0.2, 0.25) is 10.0 Å². The zero-order valence-corrected chi connectivity index (χ0v) is 21.0. The molecule has 0 aromatic heterocycles. The molecule has 0 aliphatic heterocycles. The molecule has 30 heavy (non-hydrogen) atoms. The van der Waals surface area contributed by atoms with E-state index in [0.29, 0.717) is 33.7 Å². The Hall–Kier alpha value is -1.56. The standard InChI is InChI=1S/C21H14Cl2I2N2O3/c22-13-6-4-12(5-7-13)11-30-18-9-8-14(10-15(18)23)26-21(29)27-20(28)19-16(24)2-1-3-17(19)25/h1-10H,11H2,(H2,26,27,28,29). The predicted octanol–water partition coefficient (Wildman–Crippen LogP) is 6.74. The molecule has 0 saturated carbocycles. The first-order valence-corrected chi connectivity index (χ1v) is 11.5. The molecule has 0 atom stereocenters. The summed E-state index contributed by atoms with van der Waals surface area (Å²) in [6.45, 7) is 0.326. The zero-order valence-electron chi connectivity index (χ0n) is 15.2. The van der Waals surface area contributed by atoms with Crippen LogP contribution in [-0.2, 0) is 6.61 Å². The fraction of sp³-hybridized carbons (Fsp3) is 0.0476. The van der Waals surface area contributed by atoms with Gasteiger partial charge in [0.15, 0.2) is 0 Å². The van der Waals surface area contributed by atoms with Gasteiger partial charge in [-0.25, -0.2) is 4.79 Å². The average molecular weight is 667 g/mol. The maximum absolute atomic E-state index is 12.4. The molecule has 0 spiro atoms. The van der Waals surface area contributed by atoms with Crippen LogP contribution in [0, 0.1) is 7.14 Å². The highest BCUT2D eigenvalue weighted by Crippen LogP contribution is 2.28. The van der Waals surface area contributed by atoms with Gasteiger partial charge in [-0.15, -0.1) is 0 Å². The highest BCUT2D eigenvalue weighted by molar-refractivity contribution is 14.1. The molecule has 3 aromatic rings. The second-order valence-corrected chi connectivity index (χ2v) is 9.23. The number of benzene rings is 3. The van der Waals surface area contributed by atoms with Crippen LogP contribution in [0.15, 0.2) is 60.7 Å². The number of urea groups is 1. The molecule has 0 aliphatic carbocycles. The van der Waals surface area contributed by atoms with Crippen molar-refractivity contribution < 1.29 is 14.3 Å². The van der Waals surface area contributed by atoms with E-state index >= 15 is 0 Å². The lowest BCUT2D eigenvalue weighted by Crippen LogP contribution is -2.35. The monoisotopic (exact) mass is 666 g/mol. The quantitative estimate of drug-likeness (QED) is 0.297. The Morgan fingerprint density at radius 2 is 1.60 bits per heavy atom. The molecular weight excluding hydrogens is 653 g/mol. The summed E-state index contributed by atoms with van der Waals surface area (Å²) < 4.78 is 7.23. The van der Waals surface area contributed by atoms with E-state index in [-0.39, 0.29) is 0 Å². The Bertz CT molecular complexity index is 1070. The van der Waals surface area contributed by atoms with E-state index in [9.17, 15) is 9.59 Å². The minimum Gasteiger partial charge on any atom is -0.487 e. The van der Waals surface area contributed by atoms with Crippen LogP contribution in [0.4, 0.5) is 10.5 Å². The highest BCUT2D eigenvalue weighted by atomic mass is 127. The number of anilines is 1. The first-order valence-electron chi connectivity index (χ1n) is 8.56. The number of carbonyl (C=O) groups excluding carboxylic acids is 2. The molecule has 0 bridgehead atoms. The topological polar surface area (TPSA) is 67.4 Å². The summed E-state index contributed by atoms with van der Waals surface area (Å²) >= 11 is 16.2. The molecule has 0 fully saturated rings. The number of amides is 3. The third kappa shape index (κ3) is 6.22. The molecule has 0 aliphatic rings. The minimum atomic E-state index is -0.652. The van der Waals surface area contributed by atoms with Crippen LogP contribution < -0.4 is 15.4 Å². The molecule has 5 nitrogen and oxygen atoms in total. The fourth-order valence-electron chi connectivity index (χ4n) is 2.48. The van der Waals surface area contributed by atoms with Gasteiger partial charge in [-0.2, -0.15) is 0 Å². The Labute approximate surface area is 210 Å². The molecule has 3 aromatic carbocycles. The molecule has 2 N–H and O–H groups in total. The van der Waals surface area contributed by atoms with Gasteiger partial charge in [0.2, 0.25) is 0 Å². The van der Waals surface area contributed by atoms with Gasteiger partial charge >= 0.3 is 6.03 Å². The lowest BCUT2D eigenvalue weighted by Gasteiger charge is -2.12. The molecule has 0 heterocycles. The molecule has 0 unspecified atom stereocenters. The third-order valence-electron chi connectivity index (χ3n) is 3.91. The van der Waals surface area contributed by atoms with Gasteiger partial charge in [0.1, 0.15) is 12.4 Å². The molecule has 154 valence electrons. The number of imide groups is 1. The van der Waals surface area contributed by atoms with Gasteiger partial charge < -0.3 is 10.1 Å². The summed E-state index contributed by atoms with van der Waals surface area (Å²) in [6.07, 6.45) is 0. The first-order chi connectivity index (χ1) is 14.3. The SMILES string of the molecule is O=C(NC(=O)c1c(I)cccc1I)Nc1ccc(OCc2ccc(Cl)cc2)c(Cl)c1. The van der Waals surface area contributed by atoms with Gasteiger partial charge in [0.05, 0.1) is 10.6 Å². The van der Waals surface area contributed by atoms with Crippen molar-refractivity contribution in [1.82, 2.24) is 5.32 Å². The molecular formula is C21H14Cl2I2N2O3. The van der Waals surface area contributed by atoms with Gasteiger partial charge in [-0.3, -0.25) is 10.1 Å². The molecule has 0 radical (unpaired) electrons. The smallest absolute Gasteiger partial charge is 0.326 e. The number of ether oxygens (including phenoxy) is 1. The Balaban J connectivity index is 1.60. The number of hydrogen-bond acceptors (Lipinski definition) is 3. The van der Waals surface area contributed by atoms with Crippen LogP contribution in [0.3, 0.4) is 0 Å². The van der Waals surface area contributed by atoms with E-state index in [1.807, 2.05) is 18.2 Å². The van der Waals surface area contributed by atoms with E-state index in [1.54, 1.807) is 42.5 Å². The van der Waals surface area contributed by atoms with E-state index < -0.39 is 11.9 Å². The van der Waals surface area contributed by atoms with Crippen LogP contribution in [0.25, 0.3) is 0 Å². The molecule has 9 heteroatoms. The first kappa shape index (κ1) is 23.1. The van der Waals surface area contributed by atoms with Crippen LogP contribution in [-0.4, -0.2) is 11.9 Å². The van der Waals surface area contributed by atoms with Crippen molar-refractivity contribution in [2.24, 2.45) is 0 Å². The summed E-state index contributed by atoms with van der Waals surface area (Å²) in [7, 11) is 0. The van der Waals surface area contributed by atoms with E-state index in [0.717, 1.165) is 12.7 Å². The number of hydrogen-bond donors (Lipinski definition) is 2. The number of halogens is 4. The minimum absolute atomic E-state index is 0.326. The largest absolute Gasteiger partial charge is 0.487 e. The van der Waals surface area contributed by atoms with Gasteiger partial charge in [0.25, 0.3) is 5.91 Å². The number of carbonyl (C=O) groups is 2. The van der Waals surface area contributed by atoms with Crippen molar-refractivity contribution in [1.29, 1.82) is 0 Å². The van der Waals surface area contributed by atoms with Crippen LogP contribution >= 0.6 is 68.4 Å². The maximum atomic E-state index is 12.4. The second-order valence-electron chi connectivity index (χ2n) is 6.07. The lowest BCUT2D eigenvalue weighted by atomic mass is 10.2. The lowest BCUT2D eigenvalue weighted by molar-refractivity contribution is 0.0965. The van der Waals surface area contributed by atoms with Gasteiger partial charge in [-0.05, 0) is 93.2 Å². The van der Waals surface area contributed by atoms with Crippen molar-refractivity contribution in [3.8, 4) is 5.75 Å². The summed E-state index contributed by atoms with van der Waals surface area (Å²) in [4.78, 5) is 24.6. The normalized spacial score (nSPS) is 10.4. The van der Waals surface area contributed by atoms with Crippen molar-refractivity contribution in [3.05, 3.63) is 89.0 Å². The molecule has 0 saturated heterocycles. The average Bonchev–Trinajstić information content (AvgIpc) is 2.68. The van der Waals surface area contributed by atoms with Crippen LogP contribution in [0.1, 0.15) is 15.9 Å². The maximum Gasteiger partial charge on any atom is 0.326 e. The van der Waals surface area contributed by atoms with Crippen LogP contribution in [0.5, 0.6) is 5.75 Å². The Kier molecular flexibility index (Phi) is 8.20. The zero-order chi connectivity index (χ0) is 21.7. The van der Waals surface area contributed by atoms with Gasteiger partial charge in [-0.1, -0.05) is 41.4 Å². The van der Waals surface area contributed by atoms with E-state index in [2.05, 4.69) is 55.8 Å². The molecule has 3 rings (SSSR count). The van der Waals surface area contributed by atoms with E-state index in [1.165, 1.54) is 0 Å². The Morgan fingerprint density at radius 3 is 2.23 bits per heavy atom. The summed E-state index contributed by atoms with van der Waals surface area (Å²) in [5, 5.41) is 5.91. The number of rotatable bonds is 5. The Morgan fingerprint density at radius 1 is 0.933 bits per heavy atom. The molecule has 3 amide bonds. The fourth-order valence-corrected chi connectivity index (χ4v) is 4.84. The van der Waals surface area contributed by atoms with E-state index in [4.69, 9.17) is 27.9 Å². The highest BCUT2D eigenvalue weighted by Gasteiger charge is 2.16. The summed E-state index contributed by atoms with van der Waals surface area (Å²) in [6, 6.07) is 16.9. The third-order valence-corrected chi connectivity index (χ3v) is 6.26. The summed E-state index contributed by atoms with van der Waals surface area (Å²) in [5.41, 5.74) is 1.83. The van der Waals surface area contributed by atoms with Crippen molar-refractivity contribution in [3.63, 3.8) is 0 Å². The summed E-state index contributed by atoms with van der Waals surface area (Å²) in [5.74, 6) is -0.00189. The number of nitrogens with one attached hydrogen (secondary N) is 2. The predicted molar refractivity (Wildman–Crippen MR) is 136 cm³/mol.